The van der Waals surface area contributed by atoms with Crippen LogP contribution in [0.15, 0.2) is 55.0 Å². The Morgan fingerprint density at radius 1 is 1.22 bits per heavy atom. The third-order valence-corrected chi connectivity index (χ3v) is 5.56. The van der Waals surface area contributed by atoms with Crippen molar-refractivity contribution in [3.63, 3.8) is 0 Å². The summed E-state index contributed by atoms with van der Waals surface area (Å²) in [5.74, 6) is 1.81. The van der Waals surface area contributed by atoms with E-state index >= 15 is 0 Å². The Hall–Kier alpha value is -3.55. The number of likely N-dealkylation sites (tertiary alicyclic amines) is 1. The fourth-order valence-electron chi connectivity index (χ4n) is 3.77. The molecule has 2 aromatic heterocycles. The van der Waals surface area contributed by atoms with Crippen LogP contribution in [0.25, 0.3) is 0 Å². The molecule has 4 rings (SSSR count). The van der Waals surface area contributed by atoms with Gasteiger partial charge in [-0.25, -0.2) is 14.4 Å². The van der Waals surface area contributed by atoms with Gasteiger partial charge in [-0.1, -0.05) is 12.1 Å². The SMILES string of the molecule is Cc1cccnc1Nc1cncc(C2CCN(C(=O)CCOc3cccc(F)c3)CC2)n1. The van der Waals surface area contributed by atoms with E-state index in [0.717, 1.165) is 29.9 Å². The molecule has 3 aromatic rings. The van der Waals surface area contributed by atoms with Gasteiger partial charge in [-0.05, 0) is 43.5 Å². The van der Waals surface area contributed by atoms with Crippen molar-refractivity contribution in [2.45, 2.75) is 32.1 Å². The van der Waals surface area contributed by atoms with Crippen molar-refractivity contribution in [3.8, 4) is 5.75 Å². The van der Waals surface area contributed by atoms with Gasteiger partial charge >= 0.3 is 0 Å². The Labute approximate surface area is 186 Å². The van der Waals surface area contributed by atoms with Crippen molar-refractivity contribution in [1.29, 1.82) is 0 Å². The molecule has 0 saturated carbocycles. The lowest BCUT2D eigenvalue weighted by atomic mass is 9.93. The lowest BCUT2D eigenvalue weighted by Crippen LogP contribution is -2.38. The van der Waals surface area contributed by atoms with Gasteiger partial charge in [0, 0.05) is 37.5 Å². The summed E-state index contributed by atoms with van der Waals surface area (Å²) in [4.78, 5) is 27.8. The number of carbonyl (C=O) groups is 1. The van der Waals surface area contributed by atoms with E-state index in [1.807, 2.05) is 24.0 Å². The molecule has 32 heavy (non-hydrogen) atoms. The average Bonchev–Trinajstić information content (AvgIpc) is 2.81. The molecule has 0 aliphatic carbocycles. The Morgan fingerprint density at radius 2 is 2.06 bits per heavy atom. The van der Waals surface area contributed by atoms with E-state index in [2.05, 4.69) is 15.3 Å². The number of carbonyl (C=O) groups excluding carboxylic acids is 1. The van der Waals surface area contributed by atoms with E-state index in [4.69, 9.17) is 9.72 Å². The maximum absolute atomic E-state index is 13.2. The minimum absolute atomic E-state index is 0.0481. The number of benzene rings is 1. The molecule has 0 bridgehead atoms. The second kappa shape index (κ2) is 10.2. The molecule has 0 spiro atoms. The summed E-state index contributed by atoms with van der Waals surface area (Å²) in [6, 6.07) is 9.82. The molecule has 8 heteroatoms. The molecule has 1 fully saturated rings. The number of piperidine rings is 1. The minimum atomic E-state index is -0.353. The second-order valence-corrected chi connectivity index (χ2v) is 7.83. The Balaban J connectivity index is 1.27. The highest BCUT2D eigenvalue weighted by atomic mass is 19.1. The fourth-order valence-corrected chi connectivity index (χ4v) is 3.77. The molecule has 0 radical (unpaired) electrons. The molecule has 1 aliphatic rings. The number of halogens is 1. The maximum atomic E-state index is 13.2. The predicted molar refractivity (Wildman–Crippen MR) is 119 cm³/mol. The Morgan fingerprint density at radius 3 is 2.84 bits per heavy atom. The van der Waals surface area contributed by atoms with Gasteiger partial charge in [0.1, 0.15) is 23.2 Å². The molecule has 3 heterocycles. The molecule has 1 amide bonds. The first-order valence-electron chi connectivity index (χ1n) is 10.8. The van der Waals surface area contributed by atoms with E-state index in [1.54, 1.807) is 30.7 Å². The number of amides is 1. The molecular formula is C24H26FN5O2. The third-order valence-electron chi connectivity index (χ3n) is 5.56. The standard InChI is InChI=1S/C24H26FN5O2/c1-17-4-3-10-27-24(17)29-22-16-26-15-21(28-22)18-7-11-30(12-8-18)23(31)9-13-32-20-6-2-5-19(25)14-20/h2-6,10,14-16,18H,7-9,11-13H2,1H3,(H,27,28,29). The molecule has 0 atom stereocenters. The van der Waals surface area contributed by atoms with Crippen LogP contribution >= 0.6 is 0 Å². The van der Waals surface area contributed by atoms with Crippen molar-refractivity contribution < 1.29 is 13.9 Å². The lowest BCUT2D eigenvalue weighted by molar-refractivity contribution is -0.132. The van der Waals surface area contributed by atoms with Crippen LogP contribution in [-0.4, -0.2) is 45.5 Å². The number of nitrogens with zero attached hydrogens (tertiary/aromatic N) is 4. The van der Waals surface area contributed by atoms with Gasteiger partial charge in [-0.3, -0.25) is 9.78 Å². The van der Waals surface area contributed by atoms with E-state index in [1.165, 1.54) is 12.1 Å². The first-order chi connectivity index (χ1) is 15.6. The quantitative estimate of drug-likeness (QED) is 0.598. The highest BCUT2D eigenvalue weighted by Crippen LogP contribution is 2.28. The molecule has 166 valence electrons. The summed E-state index contributed by atoms with van der Waals surface area (Å²) < 4.78 is 18.7. The number of aryl methyl sites for hydroxylation is 1. The normalized spacial score (nSPS) is 14.2. The Kier molecular flexibility index (Phi) is 6.89. The highest BCUT2D eigenvalue weighted by molar-refractivity contribution is 5.76. The van der Waals surface area contributed by atoms with E-state index < -0.39 is 0 Å². The number of pyridine rings is 1. The number of ether oxygens (including phenoxy) is 1. The molecular weight excluding hydrogens is 409 g/mol. The van der Waals surface area contributed by atoms with Crippen LogP contribution in [0, 0.1) is 12.7 Å². The molecule has 1 aliphatic heterocycles. The van der Waals surface area contributed by atoms with Crippen LogP contribution in [0.1, 0.15) is 36.4 Å². The summed E-state index contributed by atoms with van der Waals surface area (Å²) in [6.45, 7) is 3.56. The smallest absolute Gasteiger partial charge is 0.225 e. The van der Waals surface area contributed by atoms with Gasteiger partial charge in [0.2, 0.25) is 5.91 Å². The number of hydrogen-bond acceptors (Lipinski definition) is 6. The minimum Gasteiger partial charge on any atom is -0.493 e. The van der Waals surface area contributed by atoms with Gasteiger partial charge in [0.15, 0.2) is 0 Å². The number of anilines is 2. The van der Waals surface area contributed by atoms with Gasteiger partial charge in [-0.2, -0.15) is 0 Å². The van der Waals surface area contributed by atoms with Gasteiger partial charge < -0.3 is 15.0 Å². The summed E-state index contributed by atoms with van der Waals surface area (Å²) in [5, 5.41) is 3.23. The largest absolute Gasteiger partial charge is 0.493 e. The van der Waals surface area contributed by atoms with E-state index in [9.17, 15) is 9.18 Å². The summed E-state index contributed by atoms with van der Waals surface area (Å²) in [5.41, 5.74) is 1.96. The number of rotatable bonds is 7. The zero-order valence-corrected chi connectivity index (χ0v) is 18.0. The van der Waals surface area contributed by atoms with Gasteiger partial charge in [-0.15, -0.1) is 0 Å². The van der Waals surface area contributed by atoms with Crippen molar-refractivity contribution in [1.82, 2.24) is 19.9 Å². The fraction of sp³-hybridized carbons (Fsp3) is 0.333. The topological polar surface area (TPSA) is 80.2 Å². The van der Waals surface area contributed by atoms with Crippen molar-refractivity contribution in [3.05, 3.63) is 72.1 Å². The monoisotopic (exact) mass is 435 g/mol. The van der Waals surface area contributed by atoms with Crippen LogP contribution in [-0.2, 0) is 4.79 Å². The predicted octanol–water partition coefficient (Wildman–Crippen LogP) is 4.24. The first kappa shape index (κ1) is 21.7. The van der Waals surface area contributed by atoms with Gasteiger partial charge in [0.05, 0.1) is 24.9 Å². The Bertz CT molecular complexity index is 1070. The molecule has 1 saturated heterocycles. The van der Waals surface area contributed by atoms with E-state index in [0.29, 0.717) is 24.7 Å². The summed E-state index contributed by atoms with van der Waals surface area (Å²) >= 11 is 0. The molecule has 1 N–H and O–H groups in total. The lowest BCUT2D eigenvalue weighted by Gasteiger charge is -2.31. The van der Waals surface area contributed by atoms with Crippen molar-refractivity contribution >= 4 is 17.5 Å². The number of nitrogens with one attached hydrogen (secondary N) is 1. The zero-order valence-electron chi connectivity index (χ0n) is 18.0. The van der Waals surface area contributed by atoms with Crippen LogP contribution < -0.4 is 10.1 Å². The van der Waals surface area contributed by atoms with Crippen molar-refractivity contribution in [2.75, 3.05) is 25.0 Å². The zero-order chi connectivity index (χ0) is 22.3. The van der Waals surface area contributed by atoms with Crippen LogP contribution in [0.5, 0.6) is 5.75 Å². The molecule has 0 unspecified atom stereocenters. The summed E-state index contributed by atoms with van der Waals surface area (Å²) in [7, 11) is 0. The van der Waals surface area contributed by atoms with Crippen LogP contribution in [0.3, 0.4) is 0 Å². The van der Waals surface area contributed by atoms with Crippen molar-refractivity contribution in [2.24, 2.45) is 0 Å². The number of hydrogen-bond donors (Lipinski definition) is 1. The molecule has 1 aromatic carbocycles. The van der Waals surface area contributed by atoms with Crippen LogP contribution in [0.2, 0.25) is 0 Å². The third kappa shape index (κ3) is 5.57. The van der Waals surface area contributed by atoms with E-state index in [-0.39, 0.29) is 30.7 Å². The van der Waals surface area contributed by atoms with Gasteiger partial charge in [0.25, 0.3) is 0 Å². The van der Waals surface area contributed by atoms with Crippen LogP contribution in [0.4, 0.5) is 16.0 Å². The molecule has 7 nitrogen and oxygen atoms in total. The number of aromatic nitrogens is 3. The second-order valence-electron chi connectivity index (χ2n) is 7.83. The maximum Gasteiger partial charge on any atom is 0.225 e. The first-order valence-corrected chi connectivity index (χ1v) is 10.8. The highest BCUT2D eigenvalue weighted by Gasteiger charge is 2.25. The average molecular weight is 436 g/mol. The summed E-state index contributed by atoms with van der Waals surface area (Å²) in [6.07, 6.45) is 7.15.